The third-order valence-electron chi connectivity index (χ3n) is 2.86. The maximum Gasteiger partial charge on any atom is 0.337 e. The Morgan fingerprint density at radius 2 is 2.11 bits per heavy atom. The van der Waals surface area contributed by atoms with Gasteiger partial charge in [-0.15, -0.1) is 0 Å². The summed E-state index contributed by atoms with van der Waals surface area (Å²) < 4.78 is 5.46. The predicted octanol–water partition coefficient (Wildman–Crippen LogP) is 3.22. The lowest BCUT2D eigenvalue weighted by Gasteiger charge is -2.05. The zero-order chi connectivity index (χ0) is 13.3. The molecule has 94 valence electrons. The molecule has 1 N–H and O–H groups in total. The summed E-state index contributed by atoms with van der Waals surface area (Å²) in [4.78, 5) is 15.5. The van der Waals surface area contributed by atoms with Gasteiger partial charge in [-0.25, -0.2) is 4.79 Å². The van der Waals surface area contributed by atoms with Gasteiger partial charge in [0.05, 0.1) is 17.0 Å². The third kappa shape index (κ3) is 2.14. The third-order valence-corrected chi connectivity index (χ3v) is 2.86. The second kappa shape index (κ2) is 4.64. The summed E-state index contributed by atoms with van der Waals surface area (Å²) in [6, 6.07) is 5.24. The quantitative estimate of drug-likeness (QED) is 0.901. The van der Waals surface area contributed by atoms with Crippen LogP contribution in [-0.4, -0.2) is 16.1 Å². The molecule has 2 aromatic heterocycles. The maximum absolute atomic E-state index is 11.0. The van der Waals surface area contributed by atoms with Crippen molar-refractivity contribution in [1.82, 2.24) is 4.98 Å². The molecule has 0 unspecified atom stereocenters. The van der Waals surface area contributed by atoms with Crippen molar-refractivity contribution in [2.45, 2.75) is 27.2 Å². The van der Waals surface area contributed by atoms with Gasteiger partial charge >= 0.3 is 5.97 Å². The van der Waals surface area contributed by atoms with Gasteiger partial charge in [0, 0.05) is 5.56 Å². The number of hydrogen-bond donors (Lipinski definition) is 1. The Bertz CT molecular complexity index is 599. The number of carboxylic acid groups (broad SMARTS) is 1. The molecule has 0 aliphatic rings. The van der Waals surface area contributed by atoms with Gasteiger partial charge in [-0.05, 0) is 38.5 Å². The Labute approximate surface area is 105 Å². The van der Waals surface area contributed by atoms with Crippen LogP contribution in [0.4, 0.5) is 0 Å². The van der Waals surface area contributed by atoms with Crippen molar-refractivity contribution in [2.75, 3.05) is 0 Å². The molecular formula is C14H15NO3. The predicted molar refractivity (Wildman–Crippen MR) is 67.8 cm³/mol. The molecule has 0 saturated carbocycles. The van der Waals surface area contributed by atoms with E-state index in [-0.39, 0.29) is 5.56 Å². The molecule has 0 fully saturated rings. The van der Waals surface area contributed by atoms with Crippen LogP contribution in [0.5, 0.6) is 0 Å². The molecule has 0 atom stereocenters. The molecular weight excluding hydrogens is 230 g/mol. The van der Waals surface area contributed by atoms with Gasteiger partial charge < -0.3 is 9.52 Å². The first-order valence-corrected chi connectivity index (χ1v) is 5.83. The molecule has 0 aromatic carbocycles. The van der Waals surface area contributed by atoms with Gasteiger partial charge in [-0.1, -0.05) is 6.92 Å². The molecule has 18 heavy (non-hydrogen) atoms. The second-order valence-corrected chi connectivity index (χ2v) is 4.18. The first-order valence-electron chi connectivity index (χ1n) is 5.83. The van der Waals surface area contributed by atoms with Gasteiger partial charge in [0.1, 0.15) is 11.5 Å². The van der Waals surface area contributed by atoms with Crippen LogP contribution in [0.3, 0.4) is 0 Å². The number of nitrogens with zero attached hydrogens (tertiary/aromatic N) is 1. The Kier molecular flexibility index (Phi) is 3.19. The molecule has 0 bridgehead atoms. The molecule has 0 spiro atoms. The van der Waals surface area contributed by atoms with E-state index in [2.05, 4.69) is 4.98 Å². The number of pyridine rings is 1. The smallest absolute Gasteiger partial charge is 0.337 e. The molecule has 0 amide bonds. The van der Waals surface area contributed by atoms with E-state index >= 15 is 0 Å². The number of aromatic carboxylic acids is 1. The van der Waals surface area contributed by atoms with Crippen molar-refractivity contribution in [3.05, 3.63) is 41.0 Å². The first kappa shape index (κ1) is 12.4. The van der Waals surface area contributed by atoms with Crippen LogP contribution in [0, 0.1) is 13.8 Å². The number of hydrogen-bond acceptors (Lipinski definition) is 3. The lowest BCUT2D eigenvalue weighted by molar-refractivity contribution is 0.0695. The highest BCUT2D eigenvalue weighted by Crippen LogP contribution is 2.26. The van der Waals surface area contributed by atoms with Gasteiger partial charge in [0.15, 0.2) is 0 Å². The van der Waals surface area contributed by atoms with E-state index in [1.807, 2.05) is 26.8 Å². The zero-order valence-electron chi connectivity index (χ0n) is 10.7. The monoisotopic (exact) mass is 245 g/mol. The average molecular weight is 245 g/mol. The summed E-state index contributed by atoms with van der Waals surface area (Å²) in [7, 11) is 0. The fraction of sp³-hybridized carbons (Fsp3) is 0.286. The summed E-state index contributed by atoms with van der Waals surface area (Å²) in [5.74, 6) is 0.681. The van der Waals surface area contributed by atoms with E-state index in [0.29, 0.717) is 12.1 Å². The minimum absolute atomic E-state index is 0.263. The highest BCUT2D eigenvalue weighted by molar-refractivity contribution is 5.89. The fourth-order valence-electron chi connectivity index (χ4n) is 2.00. The summed E-state index contributed by atoms with van der Waals surface area (Å²) in [5.41, 5.74) is 2.53. The molecule has 0 aliphatic heterocycles. The Balaban J connectivity index is 2.54. The van der Waals surface area contributed by atoms with Crippen LogP contribution < -0.4 is 0 Å². The number of carboxylic acids is 1. The highest BCUT2D eigenvalue weighted by atomic mass is 16.4. The number of furan rings is 1. The maximum atomic E-state index is 11.0. The summed E-state index contributed by atoms with van der Waals surface area (Å²) in [6.07, 6.45) is 0.589. The van der Waals surface area contributed by atoms with Crippen molar-refractivity contribution >= 4 is 5.97 Å². The Morgan fingerprint density at radius 3 is 2.61 bits per heavy atom. The second-order valence-electron chi connectivity index (χ2n) is 4.18. The van der Waals surface area contributed by atoms with E-state index < -0.39 is 5.97 Å². The molecule has 4 heteroatoms. The van der Waals surface area contributed by atoms with Crippen molar-refractivity contribution in [3.63, 3.8) is 0 Å². The summed E-state index contributed by atoms with van der Waals surface area (Å²) >= 11 is 0. The SMILES string of the molecule is CCc1nc(-c2cc(C)oc2C)ccc1C(=O)O. The molecule has 0 aliphatic carbocycles. The summed E-state index contributed by atoms with van der Waals surface area (Å²) in [5, 5.41) is 9.06. The van der Waals surface area contributed by atoms with Crippen LogP contribution in [0.1, 0.15) is 34.5 Å². The van der Waals surface area contributed by atoms with Crippen LogP contribution in [0.25, 0.3) is 11.3 Å². The number of carbonyl (C=O) groups is 1. The van der Waals surface area contributed by atoms with Crippen molar-refractivity contribution < 1.29 is 14.3 Å². The van der Waals surface area contributed by atoms with E-state index in [1.54, 1.807) is 12.1 Å². The molecule has 0 radical (unpaired) electrons. The van der Waals surface area contributed by atoms with E-state index in [0.717, 1.165) is 22.8 Å². The topological polar surface area (TPSA) is 63.3 Å². The van der Waals surface area contributed by atoms with Gasteiger partial charge in [-0.3, -0.25) is 4.98 Å². The van der Waals surface area contributed by atoms with Gasteiger partial charge in [0.25, 0.3) is 0 Å². The van der Waals surface area contributed by atoms with E-state index in [9.17, 15) is 4.79 Å². The van der Waals surface area contributed by atoms with Crippen molar-refractivity contribution in [2.24, 2.45) is 0 Å². The largest absolute Gasteiger partial charge is 0.478 e. The normalized spacial score (nSPS) is 10.6. The molecule has 2 aromatic rings. The van der Waals surface area contributed by atoms with Crippen molar-refractivity contribution in [3.8, 4) is 11.3 Å². The average Bonchev–Trinajstić information content (AvgIpc) is 2.67. The minimum Gasteiger partial charge on any atom is -0.478 e. The zero-order valence-corrected chi connectivity index (χ0v) is 10.7. The van der Waals surface area contributed by atoms with E-state index in [4.69, 9.17) is 9.52 Å². The highest BCUT2D eigenvalue weighted by Gasteiger charge is 2.14. The standard InChI is InChI=1S/C14H15NO3/c1-4-12-10(14(16)17)5-6-13(15-12)11-7-8(2)18-9(11)3/h5-7H,4H2,1-3H3,(H,16,17). The van der Waals surface area contributed by atoms with Crippen LogP contribution in [0.2, 0.25) is 0 Å². The number of rotatable bonds is 3. The molecule has 4 nitrogen and oxygen atoms in total. The van der Waals surface area contributed by atoms with Gasteiger partial charge in [0.2, 0.25) is 0 Å². The van der Waals surface area contributed by atoms with Crippen molar-refractivity contribution in [1.29, 1.82) is 0 Å². The Hall–Kier alpha value is -2.10. The fourth-order valence-corrected chi connectivity index (χ4v) is 2.00. The minimum atomic E-state index is -0.939. The van der Waals surface area contributed by atoms with E-state index in [1.165, 1.54) is 0 Å². The lowest BCUT2D eigenvalue weighted by Crippen LogP contribution is -2.04. The number of aromatic nitrogens is 1. The molecule has 2 heterocycles. The first-order chi connectivity index (χ1) is 8.52. The number of aryl methyl sites for hydroxylation is 3. The molecule has 0 saturated heterocycles. The Morgan fingerprint density at radius 1 is 1.39 bits per heavy atom. The van der Waals surface area contributed by atoms with Crippen LogP contribution in [-0.2, 0) is 6.42 Å². The van der Waals surface area contributed by atoms with Crippen LogP contribution >= 0.6 is 0 Å². The lowest BCUT2D eigenvalue weighted by atomic mass is 10.1. The summed E-state index contributed by atoms with van der Waals surface area (Å²) in [6.45, 7) is 5.65. The molecule has 2 rings (SSSR count). The van der Waals surface area contributed by atoms with Gasteiger partial charge in [-0.2, -0.15) is 0 Å². The van der Waals surface area contributed by atoms with Crippen LogP contribution in [0.15, 0.2) is 22.6 Å².